The highest BCUT2D eigenvalue weighted by atomic mass is 16.5. The van der Waals surface area contributed by atoms with Crippen LogP contribution >= 0.6 is 0 Å². The normalized spacial score (nSPS) is 11.1. The van der Waals surface area contributed by atoms with Crippen LogP contribution in [-0.4, -0.2) is 42.0 Å². The third-order valence-corrected chi connectivity index (χ3v) is 6.05. The summed E-state index contributed by atoms with van der Waals surface area (Å²) < 4.78 is 8.91. The molecule has 0 unspecified atom stereocenters. The van der Waals surface area contributed by atoms with Crippen molar-refractivity contribution >= 4 is 22.8 Å². The molecular formula is C27H27N7O2. The molecule has 2 aromatic carbocycles. The topological polar surface area (TPSA) is 99.8 Å². The Labute approximate surface area is 208 Å². The van der Waals surface area contributed by atoms with E-state index >= 15 is 0 Å². The molecule has 5 rings (SSSR count). The molecule has 0 saturated carbocycles. The lowest BCUT2D eigenvalue weighted by Crippen LogP contribution is -2.17. The highest BCUT2D eigenvalue weighted by molar-refractivity contribution is 5.92. The number of nitrogens with zero attached hydrogens (tertiary/aromatic N) is 6. The number of benzene rings is 2. The number of aryl methyl sites for hydroxylation is 2. The van der Waals surface area contributed by atoms with Gasteiger partial charge in [-0.1, -0.05) is 24.3 Å². The Kier molecular flexibility index (Phi) is 6.20. The Morgan fingerprint density at radius 3 is 2.61 bits per heavy atom. The minimum atomic E-state index is -0.156. The number of nitrogens with one attached hydrogen (secondary N) is 1. The second-order valence-electron chi connectivity index (χ2n) is 8.59. The summed E-state index contributed by atoms with van der Waals surface area (Å²) >= 11 is 0. The third-order valence-electron chi connectivity index (χ3n) is 6.05. The number of ether oxygens (including phenoxy) is 1. The molecule has 1 amide bonds. The first-order chi connectivity index (χ1) is 17.4. The zero-order chi connectivity index (χ0) is 25.2. The predicted molar refractivity (Wildman–Crippen MR) is 138 cm³/mol. The highest BCUT2D eigenvalue weighted by Gasteiger charge is 2.18. The van der Waals surface area contributed by atoms with E-state index in [4.69, 9.17) is 4.74 Å². The smallest absolute Gasteiger partial charge is 0.229 e. The van der Waals surface area contributed by atoms with Crippen LogP contribution in [0.15, 0.2) is 61.1 Å². The van der Waals surface area contributed by atoms with Gasteiger partial charge in [0.1, 0.15) is 17.9 Å². The van der Waals surface area contributed by atoms with E-state index in [0.717, 1.165) is 33.6 Å². The average Bonchev–Trinajstić information content (AvgIpc) is 3.45. The molecule has 0 spiro atoms. The molecule has 0 aliphatic carbocycles. The molecule has 0 aliphatic heterocycles. The minimum Gasteiger partial charge on any atom is -0.494 e. The summed E-state index contributed by atoms with van der Waals surface area (Å²) in [6, 6.07) is 15.4. The van der Waals surface area contributed by atoms with Gasteiger partial charge in [-0.25, -0.2) is 14.6 Å². The number of aromatic nitrogens is 6. The van der Waals surface area contributed by atoms with Crippen molar-refractivity contribution in [2.45, 2.75) is 34.1 Å². The van der Waals surface area contributed by atoms with E-state index in [9.17, 15) is 4.79 Å². The molecule has 9 nitrogen and oxygen atoms in total. The van der Waals surface area contributed by atoms with Crippen LogP contribution in [0.25, 0.3) is 22.5 Å². The van der Waals surface area contributed by atoms with Gasteiger partial charge in [-0.2, -0.15) is 14.9 Å². The van der Waals surface area contributed by atoms with E-state index in [2.05, 4.69) is 45.4 Å². The van der Waals surface area contributed by atoms with E-state index in [0.29, 0.717) is 23.9 Å². The molecule has 0 aliphatic rings. The fraction of sp³-hybridized carbons (Fsp3) is 0.222. The number of rotatable bonds is 7. The molecule has 182 valence electrons. The van der Waals surface area contributed by atoms with Gasteiger partial charge in [0.15, 0.2) is 11.5 Å². The van der Waals surface area contributed by atoms with Crippen LogP contribution in [0.3, 0.4) is 0 Å². The number of carbonyl (C=O) groups excluding carboxylic acids is 1. The summed E-state index contributed by atoms with van der Waals surface area (Å²) in [6.45, 7) is 8.54. The Morgan fingerprint density at radius 2 is 1.83 bits per heavy atom. The fourth-order valence-corrected chi connectivity index (χ4v) is 4.13. The van der Waals surface area contributed by atoms with Crippen molar-refractivity contribution in [2.75, 3.05) is 11.9 Å². The van der Waals surface area contributed by atoms with Gasteiger partial charge in [-0.3, -0.25) is 4.79 Å². The number of hydrogen-bond acceptors (Lipinski definition) is 6. The zero-order valence-electron chi connectivity index (χ0n) is 20.7. The van der Waals surface area contributed by atoms with Crippen molar-refractivity contribution < 1.29 is 9.53 Å². The van der Waals surface area contributed by atoms with Crippen molar-refractivity contribution in [3.8, 4) is 17.3 Å². The third kappa shape index (κ3) is 4.43. The molecule has 3 heterocycles. The van der Waals surface area contributed by atoms with E-state index < -0.39 is 0 Å². The van der Waals surface area contributed by atoms with Gasteiger partial charge in [-0.05, 0) is 62.6 Å². The van der Waals surface area contributed by atoms with Gasteiger partial charge in [0, 0.05) is 6.07 Å². The molecule has 0 radical (unpaired) electrons. The van der Waals surface area contributed by atoms with Crippen LogP contribution in [-0.2, 0) is 11.2 Å². The van der Waals surface area contributed by atoms with Crippen LogP contribution in [0.4, 0.5) is 5.82 Å². The van der Waals surface area contributed by atoms with Gasteiger partial charge >= 0.3 is 0 Å². The molecule has 0 atom stereocenters. The molecule has 3 aromatic heterocycles. The zero-order valence-corrected chi connectivity index (χ0v) is 20.7. The van der Waals surface area contributed by atoms with E-state index in [1.165, 1.54) is 11.9 Å². The molecule has 1 N–H and O–H groups in total. The number of hydrogen-bond donors (Lipinski definition) is 1. The van der Waals surface area contributed by atoms with Crippen molar-refractivity contribution in [1.29, 1.82) is 0 Å². The second kappa shape index (κ2) is 9.61. The van der Waals surface area contributed by atoms with Gasteiger partial charge < -0.3 is 10.1 Å². The molecular weight excluding hydrogens is 454 g/mol. The summed E-state index contributed by atoms with van der Waals surface area (Å²) in [6.07, 6.45) is 3.44. The molecule has 0 fully saturated rings. The van der Waals surface area contributed by atoms with Crippen molar-refractivity contribution in [1.82, 2.24) is 29.5 Å². The van der Waals surface area contributed by atoms with Gasteiger partial charge in [0.2, 0.25) is 5.91 Å². The first-order valence-corrected chi connectivity index (χ1v) is 11.8. The fourth-order valence-electron chi connectivity index (χ4n) is 4.13. The Hall–Kier alpha value is -4.53. The number of anilines is 1. The van der Waals surface area contributed by atoms with Gasteiger partial charge in [0.25, 0.3) is 0 Å². The van der Waals surface area contributed by atoms with Crippen LogP contribution in [0.2, 0.25) is 0 Å². The SMILES string of the molecule is CCOc1ccc(CC(=O)Nc2cc(C)nn2-c2ncnc3c2cnn3-c2cccc(C)c2C)cc1. The molecule has 9 heteroatoms. The first kappa shape index (κ1) is 23.2. The van der Waals surface area contributed by atoms with E-state index in [-0.39, 0.29) is 12.3 Å². The van der Waals surface area contributed by atoms with E-state index in [1.807, 2.05) is 61.0 Å². The van der Waals surface area contributed by atoms with Crippen molar-refractivity contribution in [3.05, 3.63) is 83.4 Å². The minimum absolute atomic E-state index is 0.156. The predicted octanol–water partition coefficient (Wildman–Crippen LogP) is 4.51. The van der Waals surface area contributed by atoms with Crippen molar-refractivity contribution in [3.63, 3.8) is 0 Å². The molecule has 5 aromatic rings. The maximum Gasteiger partial charge on any atom is 0.229 e. The molecule has 0 bridgehead atoms. The number of carbonyl (C=O) groups is 1. The summed E-state index contributed by atoms with van der Waals surface area (Å²) in [4.78, 5) is 21.9. The second-order valence-corrected chi connectivity index (χ2v) is 8.59. The Morgan fingerprint density at radius 1 is 1.03 bits per heavy atom. The quantitative estimate of drug-likeness (QED) is 0.367. The van der Waals surface area contributed by atoms with Crippen LogP contribution in [0, 0.1) is 20.8 Å². The molecule has 36 heavy (non-hydrogen) atoms. The number of amides is 1. The van der Waals surface area contributed by atoms with Crippen molar-refractivity contribution in [2.24, 2.45) is 0 Å². The highest BCUT2D eigenvalue weighted by Crippen LogP contribution is 2.26. The monoisotopic (exact) mass is 481 g/mol. The summed E-state index contributed by atoms with van der Waals surface area (Å²) in [5, 5.41) is 12.9. The van der Waals surface area contributed by atoms with Crippen LogP contribution in [0.5, 0.6) is 5.75 Å². The van der Waals surface area contributed by atoms with Crippen LogP contribution < -0.4 is 10.1 Å². The maximum absolute atomic E-state index is 12.9. The Bertz CT molecular complexity index is 1550. The first-order valence-electron chi connectivity index (χ1n) is 11.8. The maximum atomic E-state index is 12.9. The lowest BCUT2D eigenvalue weighted by molar-refractivity contribution is -0.115. The Balaban J connectivity index is 1.45. The average molecular weight is 482 g/mol. The van der Waals surface area contributed by atoms with Gasteiger partial charge in [0.05, 0.1) is 36.0 Å². The van der Waals surface area contributed by atoms with Gasteiger partial charge in [-0.15, -0.1) is 0 Å². The van der Waals surface area contributed by atoms with E-state index in [1.54, 1.807) is 10.9 Å². The standard InChI is InChI=1S/C27H27N7O2/c1-5-36-21-11-9-20(10-12-21)14-25(35)31-24-13-18(3)32-34(24)27-22-15-30-33(26(22)28-16-29-27)23-8-6-7-17(2)19(23)4/h6-13,15-16H,5,14H2,1-4H3,(H,31,35). The summed E-state index contributed by atoms with van der Waals surface area (Å²) in [5.74, 6) is 1.70. The lowest BCUT2D eigenvalue weighted by atomic mass is 10.1. The lowest BCUT2D eigenvalue weighted by Gasteiger charge is -2.11. The molecule has 0 saturated heterocycles. The summed E-state index contributed by atoms with van der Waals surface area (Å²) in [5.41, 5.74) is 5.55. The summed E-state index contributed by atoms with van der Waals surface area (Å²) in [7, 11) is 0. The number of fused-ring (bicyclic) bond motifs is 1. The van der Waals surface area contributed by atoms with Crippen LogP contribution in [0.1, 0.15) is 29.3 Å². The largest absolute Gasteiger partial charge is 0.494 e.